The largest absolute Gasteiger partial charge is 0.392 e. The van der Waals surface area contributed by atoms with E-state index in [0.717, 1.165) is 61.5 Å². The summed E-state index contributed by atoms with van der Waals surface area (Å²) in [6.45, 7) is 10.9. The second-order valence-corrected chi connectivity index (χ2v) is 12.9. The highest BCUT2D eigenvalue weighted by Crippen LogP contribution is 2.36. The molecule has 2 N–H and O–H groups in total. The molecule has 0 saturated carbocycles. The van der Waals surface area contributed by atoms with Crippen molar-refractivity contribution in [1.29, 1.82) is 0 Å². The third-order valence-electron chi connectivity index (χ3n) is 8.74. The smallest absolute Gasteiger partial charge is 0.274 e. The molecule has 2 aliphatic rings. The summed E-state index contributed by atoms with van der Waals surface area (Å²) in [6, 6.07) is 17.5. The summed E-state index contributed by atoms with van der Waals surface area (Å²) >= 11 is 0. The maximum Gasteiger partial charge on any atom is 0.274 e. The molecule has 0 atom stereocenters. The molecule has 0 radical (unpaired) electrons. The average Bonchev–Trinajstić information content (AvgIpc) is 3.04. The van der Waals surface area contributed by atoms with Crippen molar-refractivity contribution in [2.45, 2.75) is 45.8 Å². The minimum absolute atomic E-state index is 0.000354. The molecule has 45 heavy (non-hydrogen) atoms. The van der Waals surface area contributed by atoms with E-state index in [9.17, 15) is 14.7 Å². The molecule has 0 unspecified atom stereocenters. The van der Waals surface area contributed by atoms with Gasteiger partial charge < -0.3 is 24.6 Å². The Morgan fingerprint density at radius 2 is 1.78 bits per heavy atom. The number of ether oxygens (including phenoxy) is 1. The second kappa shape index (κ2) is 12.6. The molecule has 0 spiro atoms. The van der Waals surface area contributed by atoms with E-state index in [4.69, 9.17) is 4.74 Å². The highest BCUT2D eigenvalue weighted by atomic mass is 16.5. The van der Waals surface area contributed by atoms with Crippen LogP contribution in [0.5, 0.6) is 0 Å². The molecule has 0 aliphatic carbocycles. The molecular formula is C36H41N5O4. The lowest BCUT2D eigenvalue weighted by atomic mass is 9.84. The van der Waals surface area contributed by atoms with E-state index < -0.39 is 0 Å². The number of hydrogen-bond acceptors (Lipinski definition) is 7. The van der Waals surface area contributed by atoms with Crippen LogP contribution in [-0.2, 0) is 36.8 Å². The predicted octanol–water partition coefficient (Wildman–Crippen LogP) is 5.02. The fourth-order valence-electron chi connectivity index (χ4n) is 6.14. The Bertz CT molecular complexity index is 1770. The molecule has 6 rings (SSSR count). The summed E-state index contributed by atoms with van der Waals surface area (Å²) < 4.78 is 6.96. The lowest BCUT2D eigenvalue weighted by Crippen LogP contribution is -2.38. The first kappa shape index (κ1) is 30.7. The number of morpholine rings is 1. The number of anilines is 3. The number of aliphatic hydroxyl groups excluding tert-OH is 1. The quantitative estimate of drug-likeness (QED) is 0.305. The number of benzene rings is 2. The zero-order valence-corrected chi connectivity index (χ0v) is 26.5. The molecule has 1 fully saturated rings. The topological polar surface area (TPSA) is 99.9 Å². The van der Waals surface area contributed by atoms with E-state index in [0.29, 0.717) is 34.9 Å². The first-order valence-electron chi connectivity index (χ1n) is 15.5. The van der Waals surface area contributed by atoms with Crippen molar-refractivity contribution in [1.82, 2.24) is 14.5 Å². The fourth-order valence-corrected chi connectivity index (χ4v) is 6.14. The molecule has 1 saturated heterocycles. The first-order chi connectivity index (χ1) is 21.6. The fraction of sp³-hybridized carbons (Fsp3) is 0.361. The number of fused-ring (bicyclic) bond motifs is 1. The number of aliphatic hydroxyl groups is 1. The standard InChI is InChI=1S/C36H41N5O4/c1-36(2,3)27-9-10-29-25(18-27)12-13-41(34(29)43)32-7-5-6-28(30(32)23-42)26-19-31(35(44)39(4)22-26)38-33-11-8-24(20-37-33)21-40-14-16-45-17-15-40/h5-11,18-20,22,42H,12-17,21,23H2,1-4H3,(H,37,38). The number of pyridine rings is 2. The van der Waals surface area contributed by atoms with Crippen LogP contribution in [0.3, 0.4) is 0 Å². The van der Waals surface area contributed by atoms with Crippen molar-refractivity contribution in [2.75, 3.05) is 43.1 Å². The Morgan fingerprint density at radius 1 is 0.978 bits per heavy atom. The van der Waals surface area contributed by atoms with Crippen LogP contribution in [0.25, 0.3) is 11.1 Å². The Morgan fingerprint density at radius 3 is 2.49 bits per heavy atom. The second-order valence-electron chi connectivity index (χ2n) is 12.9. The summed E-state index contributed by atoms with van der Waals surface area (Å²) in [5.74, 6) is 0.493. The molecule has 2 aromatic heterocycles. The van der Waals surface area contributed by atoms with E-state index in [1.54, 1.807) is 24.2 Å². The third kappa shape index (κ3) is 6.42. The van der Waals surface area contributed by atoms with E-state index >= 15 is 0 Å². The van der Waals surface area contributed by atoms with E-state index in [-0.39, 0.29) is 23.5 Å². The Labute approximate surface area is 264 Å². The lowest BCUT2D eigenvalue weighted by Gasteiger charge is -2.32. The Balaban J connectivity index is 1.27. The van der Waals surface area contributed by atoms with Crippen LogP contribution in [0.4, 0.5) is 17.2 Å². The molecule has 0 bridgehead atoms. The van der Waals surface area contributed by atoms with Gasteiger partial charge in [-0.25, -0.2) is 4.98 Å². The number of carbonyl (C=O) groups is 1. The van der Waals surface area contributed by atoms with Gasteiger partial charge in [-0.3, -0.25) is 14.5 Å². The van der Waals surface area contributed by atoms with Crippen LogP contribution in [0.2, 0.25) is 0 Å². The van der Waals surface area contributed by atoms with Crippen molar-refractivity contribution in [3.05, 3.63) is 105 Å². The van der Waals surface area contributed by atoms with Crippen molar-refractivity contribution in [3.8, 4) is 11.1 Å². The summed E-state index contributed by atoms with van der Waals surface area (Å²) in [5, 5.41) is 13.8. The van der Waals surface area contributed by atoms with Crippen molar-refractivity contribution in [3.63, 3.8) is 0 Å². The van der Waals surface area contributed by atoms with Gasteiger partial charge >= 0.3 is 0 Å². The molecule has 2 aromatic carbocycles. The Hall–Kier alpha value is -4.31. The van der Waals surface area contributed by atoms with Gasteiger partial charge in [0, 0.05) is 62.3 Å². The number of rotatable bonds is 7. The molecule has 9 heteroatoms. The van der Waals surface area contributed by atoms with Gasteiger partial charge in [-0.15, -0.1) is 0 Å². The summed E-state index contributed by atoms with van der Waals surface area (Å²) in [7, 11) is 1.70. The monoisotopic (exact) mass is 607 g/mol. The number of hydrogen-bond donors (Lipinski definition) is 2. The van der Waals surface area contributed by atoms with E-state index in [1.807, 2.05) is 48.7 Å². The predicted molar refractivity (Wildman–Crippen MR) is 177 cm³/mol. The zero-order valence-electron chi connectivity index (χ0n) is 26.5. The highest BCUT2D eigenvalue weighted by Gasteiger charge is 2.29. The first-order valence-corrected chi connectivity index (χ1v) is 15.5. The van der Waals surface area contributed by atoms with Crippen LogP contribution in [0.15, 0.2) is 71.8 Å². The lowest BCUT2D eigenvalue weighted by molar-refractivity contribution is 0.0341. The molecule has 2 aliphatic heterocycles. The molecule has 234 valence electrons. The normalized spacial score (nSPS) is 15.7. The molecule has 4 heterocycles. The minimum atomic E-state index is -0.261. The molecule has 1 amide bonds. The van der Waals surface area contributed by atoms with Gasteiger partial charge in [0.1, 0.15) is 11.5 Å². The van der Waals surface area contributed by atoms with Gasteiger partial charge in [0.05, 0.1) is 25.5 Å². The summed E-state index contributed by atoms with van der Waals surface area (Å²) in [4.78, 5) is 35.6. The van der Waals surface area contributed by atoms with Crippen LogP contribution < -0.4 is 15.8 Å². The minimum Gasteiger partial charge on any atom is -0.392 e. The van der Waals surface area contributed by atoms with E-state index in [2.05, 4.69) is 42.0 Å². The highest BCUT2D eigenvalue weighted by molar-refractivity contribution is 6.09. The average molecular weight is 608 g/mol. The number of aromatic nitrogens is 2. The van der Waals surface area contributed by atoms with Crippen molar-refractivity contribution >= 4 is 23.1 Å². The third-order valence-corrected chi connectivity index (χ3v) is 8.74. The van der Waals surface area contributed by atoms with Crippen LogP contribution in [0.1, 0.15) is 53.4 Å². The van der Waals surface area contributed by atoms with Gasteiger partial charge in [0.15, 0.2) is 0 Å². The van der Waals surface area contributed by atoms with Gasteiger partial charge in [-0.1, -0.05) is 51.1 Å². The molecule has 9 nitrogen and oxygen atoms in total. The van der Waals surface area contributed by atoms with Crippen molar-refractivity contribution < 1.29 is 14.6 Å². The van der Waals surface area contributed by atoms with Gasteiger partial charge in [0.2, 0.25) is 0 Å². The number of amides is 1. The molecule has 4 aromatic rings. The maximum absolute atomic E-state index is 13.8. The number of carbonyl (C=O) groups excluding carboxylic acids is 1. The SMILES string of the molecule is Cn1cc(-c2cccc(N3CCc4cc(C(C)(C)C)ccc4C3=O)c2CO)cc(Nc2ccc(CN3CCOCC3)cn2)c1=O. The van der Waals surface area contributed by atoms with E-state index in [1.165, 1.54) is 10.1 Å². The van der Waals surface area contributed by atoms with Crippen molar-refractivity contribution in [2.24, 2.45) is 7.05 Å². The van der Waals surface area contributed by atoms with Gasteiger partial charge in [-0.05, 0) is 58.4 Å². The molecular weight excluding hydrogens is 566 g/mol. The summed E-state index contributed by atoms with van der Waals surface area (Å²) in [5.41, 5.74) is 7.03. The van der Waals surface area contributed by atoms with Gasteiger partial charge in [0.25, 0.3) is 11.5 Å². The number of nitrogens with zero attached hydrogens (tertiary/aromatic N) is 4. The Kier molecular flexibility index (Phi) is 8.59. The van der Waals surface area contributed by atoms with Crippen LogP contribution in [-0.4, -0.2) is 58.3 Å². The van der Waals surface area contributed by atoms with Crippen LogP contribution in [0, 0.1) is 0 Å². The number of aryl methyl sites for hydroxylation is 1. The van der Waals surface area contributed by atoms with Crippen LogP contribution >= 0.6 is 0 Å². The number of nitrogens with one attached hydrogen (secondary N) is 1. The zero-order chi connectivity index (χ0) is 31.7. The summed E-state index contributed by atoms with van der Waals surface area (Å²) in [6.07, 6.45) is 4.31. The van der Waals surface area contributed by atoms with Gasteiger partial charge in [-0.2, -0.15) is 0 Å². The maximum atomic E-state index is 13.8.